The van der Waals surface area contributed by atoms with Crippen LogP contribution in [0.3, 0.4) is 0 Å². The Hall–Kier alpha value is -1.42. The number of benzene rings is 2. The van der Waals surface area contributed by atoms with E-state index in [0.29, 0.717) is 13.2 Å². The van der Waals surface area contributed by atoms with Gasteiger partial charge in [-0.05, 0) is 51.0 Å². The van der Waals surface area contributed by atoms with Crippen LogP contribution in [0.15, 0.2) is 42.5 Å². The molecule has 3 nitrogen and oxygen atoms in total. The van der Waals surface area contributed by atoms with Gasteiger partial charge in [-0.25, -0.2) is 0 Å². The number of hydrogen-bond donors (Lipinski definition) is 1. The molecular weight excluding hydrogens is 369 g/mol. The van der Waals surface area contributed by atoms with E-state index in [-0.39, 0.29) is 17.9 Å². The Labute approximate surface area is 168 Å². The zero-order valence-electron chi connectivity index (χ0n) is 16.0. The van der Waals surface area contributed by atoms with Crippen LogP contribution in [0.25, 0.3) is 0 Å². The van der Waals surface area contributed by atoms with Gasteiger partial charge in [0, 0.05) is 22.7 Å². The summed E-state index contributed by atoms with van der Waals surface area (Å²) in [4.78, 5) is 0. The number of nitrogens with one attached hydrogen (secondary N) is 1. The monoisotopic (exact) mass is 397 g/mol. The molecule has 2 aromatic carbocycles. The standard InChI is InChI=1S/C21H28ClNO2.ClH/c1-5-21(3,4)23-14-17-8-7-9-19(24-6-2)20(17)25-15-16-10-12-18(22)13-11-16;/h7-13,23H,5-6,14-15H2,1-4H3;1H. The Bertz CT molecular complexity index is 672. The molecule has 0 unspecified atom stereocenters. The summed E-state index contributed by atoms with van der Waals surface area (Å²) in [6, 6.07) is 13.7. The van der Waals surface area contributed by atoms with Crippen molar-refractivity contribution in [2.24, 2.45) is 0 Å². The topological polar surface area (TPSA) is 30.5 Å². The third-order valence-corrected chi connectivity index (χ3v) is 4.55. The molecular formula is C21H29Cl2NO2. The lowest BCUT2D eigenvalue weighted by atomic mass is 10.0. The van der Waals surface area contributed by atoms with Crippen LogP contribution in [-0.2, 0) is 13.2 Å². The van der Waals surface area contributed by atoms with Gasteiger partial charge >= 0.3 is 0 Å². The molecule has 0 radical (unpaired) electrons. The fourth-order valence-corrected chi connectivity index (χ4v) is 2.46. The highest BCUT2D eigenvalue weighted by Gasteiger charge is 2.17. The van der Waals surface area contributed by atoms with E-state index in [1.165, 1.54) is 0 Å². The van der Waals surface area contributed by atoms with E-state index in [9.17, 15) is 0 Å². The average Bonchev–Trinajstić information content (AvgIpc) is 2.61. The van der Waals surface area contributed by atoms with Crippen LogP contribution < -0.4 is 14.8 Å². The molecule has 2 aromatic rings. The maximum Gasteiger partial charge on any atom is 0.166 e. The summed E-state index contributed by atoms with van der Waals surface area (Å²) in [5, 5.41) is 4.31. The summed E-state index contributed by atoms with van der Waals surface area (Å²) < 4.78 is 11.9. The summed E-state index contributed by atoms with van der Waals surface area (Å²) >= 11 is 5.95. The van der Waals surface area contributed by atoms with Crippen molar-refractivity contribution in [3.63, 3.8) is 0 Å². The second kappa shape index (κ2) is 10.7. The Kier molecular flexibility index (Phi) is 9.28. The van der Waals surface area contributed by atoms with Crippen molar-refractivity contribution in [3.8, 4) is 11.5 Å². The van der Waals surface area contributed by atoms with Gasteiger partial charge in [0.1, 0.15) is 6.61 Å². The molecule has 0 aromatic heterocycles. The molecule has 5 heteroatoms. The summed E-state index contributed by atoms with van der Waals surface area (Å²) in [7, 11) is 0. The van der Waals surface area contributed by atoms with Crippen molar-refractivity contribution in [2.45, 2.75) is 52.8 Å². The molecule has 1 N–H and O–H groups in total. The fourth-order valence-electron chi connectivity index (χ4n) is 2.33. The van der Waals surface area contributed by atoms with Crippen molar-refractivity contribution in [1.29, 1.82) is 0 Å². The highest BCUT2D eigenvalue weighted by molar-refractivity contribution is 6.30. The van der Waals surface area contributed by atoms with Crippen LogP contribution in [0.2, 0.25) is 5.02 Å². The van der Waals surface area contributed by atoms with Crippen molar-refractivity contribution in [1.82, 2.24) is 5.32 Å². The average molecular weight is 398 g/mol. The first kappa shape index (κ1) is 22.6. The Morgan fingerprint density at radius 3 is 2.31 bits per heavy atom. The minimum atomic E-state index is 0. The largest absolute Gasteiger partial charge is 0.490 e. The molecule has 0 atom stereocenters. The zero-order chi connectivity index (χ0) is 18.3. The van der Waals surface area contributed by atoms with Crippen LogP contribution in [0.4, 0.5) is 0 Å². The highest BCUT2D eigenvalue weighted by atomic mass is 35.5. The van der Waals surface area contributed by atoms with Gasteiger partial charge in [0.25, 0.3) is 0 Å². The molecule has 0 saturated carbocycles. The van der Waals surface area contributed by atoms with Crippen molar-refractivity contribution < 1.29 is 9.47 Å². The molecule has 2 rings (SSSR count). The number of para-hydroxylation sites is 1. The number of ether oxygens (including phenoxy) is 2. The van der Waals surface area contributed by atoms with Gasteiger partial charge in [-0.3, -0.25) is 0 Å². The molecule has 0 aliphatic carbocycles. The predicted octanol–water partition coefficient (Wildman–Crippen LogP) is 6.02. The summed E-state index contributed by atoms with van der Waals surface area (Å²) in [5.74, 6) is 1.59. The van der Waals surface area contributed by atoms with Gasteiger partial charge in [0.15, 0.2) is 11.5 Å². The molecule has 0 bridgehead atoms. The maximum absolute atomic E-state index is 6.14. The summed E-state index contributed by atoms with van der Waals surface area (Å²) in [6.07, 6.45) is 1.05. The van der Waals surface area contributed by atoms with E-state index in [0.717, 1.165) is 40.6 Å². The minimum absolute atomic E-state index is 0. The van der Waals surface area contributed by atoms with E-state index in [4.69, 9.17) is 21.1 Å². The van der Waals surface area contributed by atoms with E-state index in [1.807, 2.05) is 43.3 Å². The SMILES string of the molecule is CCOc1cccc(CNC(C)(C)CC)c1OCc1ccc(Cl)cc1.Cl. The number of rotatable bonds is 9. The van der Waals surface area contributed by atoms with Gasteiger partial charge in [0.2, 0.25) is 0 Å². The van der Waals surface area contributed by atoms with E-state index in [1.54, 1.807) is 0 Å². The maximum atomic E-state index is 6.14. The van der Waals surface area contributed by atoms with E-state index in [2.05, 4.69) is 32.2 Å². The molecule has 0 spiro atoms. The Morgan fingerprint density at radius 1 is 1.00 bits per heavy atom. The first-order valence-electron chi connectivity index (χ1n) is 8.82. The van der Waals surface area contributed by atoms with Crippen molar-refractivity contribution >= 4 is 24.0 Å². The molecule has 0 saturated heterocycles. The molecule has 0 heterocycles. The van der Waals surface area contributed by atoms with Gasteiger partial charge in [-0.2, -0.15) is 0 Å². The smallest absolute Gasteiger partial charge is 0.166 e. The lowest BCUT2D eigenvalue weighted by Gasteiger charge is -2.25. The minimum Gasteiger partial charge on any atom is -0.490 e. The quantitative estimate of drug-likeness (QED) is 0.561. The van der Waals surface area contributed by atoms with Crippen LogP contribution in [0.5, 0.6) is 11.5 Å². The van der Waals surface area contributed by atoms with Crippen LogP contribution in [0.1, 0.15) is 45.2 Å². The predicted molar refractivity (Wildman–Crippen MR) is 112 cm³/mol. The van der Waals surface area contributed by atoms with Gasteiger partial charge < -0.3 is 14.8 Å². The fraction of sp³-hybridized carbons (Fsp3) is 0.429. The van der Waals surface area contributed by atoms with Crippen molar-refractivity contribution in [3.05, 3.63) is 58.6 Å². The van der Waals surface area contributed by atoms with Crippen molar-refractivity contribution in [2.75, 3.05) is 6.61 Å². The van der Waals surface area contributed by atoms with Crippen LogP contribution >= 0.6 is 24.0 Å². The lowest BCUT2D eigenvalue weighted by Crippen LogP contribution is -2.37. The second-order valence-electron chi connectivity index (χ2n) is 6.68. The zero-order valence-corrected chi connectivity index (χ0v) is 17.5. The highest BCUT2D eigenvalue weighted by Crippen LogP contribution is 2.32. The van der Waals surface area contributed by atoms with Crippen LogP contribution in [0, 0.1) is 0 Å². The molecule has 0 aliphatic rings. The first-order valence-corrected chi connectivity index (χ1v) is 9.20. The molecule has 0 fully saturated rings. The third kappa shape index (κ3) is 6.71. The molecule has 26 heavy (non-hydrogen) atoms. The molecule has 144 valence electrons. The lowest BCUT2D eigenvalue weighted by molar-refractivity contribution is 0.264. The summed E-state index contributed by atoms with van der Waals surface area (Å²) in [5.41, 5.74) is 2.25. The molecule has 0 amide bonds. The van der Waals surface area contributed by atoms with Gasteiger partial charge in [-0.15, -0.1) is 12.4 Å². The van der Waals surface area contributed by atoms with E-state index < -0.39 is 0 Å². The third-order valence-electron chi connectivity index (χ3n) is 4.30. The Morgan fingerprint density at radius 2 is 1.69 bits per heavy atom. The van der Waals surface area contributed by atoms with Gasteiger partial charge in [0.05, 0.1) is 6.61 Å². The Balaban J connectivity index is 0.00000338. The number of halogens is 2. The second-order valence-corrected chi connectivity index (χ2v) is 7.12. The number of hydrogen-bond acceptors (Lipinski definition) is 3. The van der Waals surface area contributed by atoms with E-state index >= 15 is 0 Å². The van der Waals surface area contributed by atoms with Gasteiger partial charge in [-0.1, -0.05) is 42.8 Å². The van der Waals surface area contributed by atoms with Crippen LogP contribution in [-0.4, -0.2) is 12.1 Å². The first-order chi connectivity index (χ1) is 11.9. The normalized spacial score (nSPS) is 11.0. The molecule has 0 aliphatic heterocycles. The summed E-state index contributed by atoms with van der Waals surface area (Å²) in [6.45, 7) is 10.4.